The molecule has 2 unspecified atom stereocenters. The van der Waals surface area contributed by atoms with Gasteiger partial charge in [-0.15, -0.1) is 0 Å². The van der Waals surface area contributed by atoms with Gasteiger partial charge in [-0.1, -0.05) is 17.3 Å². The number of rotatable bonds is 2. The Balaban J connectivity index is 1.57. The van der Waals surface area contributed by atoms with Crippen LogP contribution in [0.25, 0.3) is 0 Å². The van der Waals surface area contributed by atoms with Crippen LogP contribution in [0, 0.1) is 0 Å². The van der Waals surface area contributed by atoms with Crippen molar-refractivity contribution in [1.82, 2.24) is 10.1 Å². The molecule has 4 rings (SSSR count). The maximum Gasteiger partial charge on any atom is 0.269 e. The quantitative estimate of drug-likeness (QED) is 0.915. The van der Waals surface area contributed by atoms with Crippen molar-refractivity contribution in [3.8, 4) is 5.75 Å². The molecule has 6 heteroatoms. The summed E-state index contributed by atoms with van der Waals surface area (Å²) in [6.07, 6.45) is 1.67. The highest BCUT2D eigenvalue weighted by molar-refractivity contribution is 5.57. The van der Waals surface area contributed by atoms with Crippen LogP contribution in [0.15, 0.2) is 28.8 Å². The van der Waals surface area contributed by atoms with E-state index in [4.69, 9.17) is 14.0 Å². The van der Waals surface area contributed by atoms with Crippen molar-refractivity contribution in [2.75, 3.05) is 18.5 Å². The summed E-state index contributed by atoms with van der Waals surface area (Å²) in [5, 5.41) is 7.40. The van der Waals surface area contributed by atoms with Gasteiger partial charge in [-0.2, -0.15) is 4.98 Å². The van der Waals surface area contributed by atoms with E-state index in [0.717, 1.165) is 30.9 Å². The smallest absolute Gasteiger partial charge is 0.269 e. The number of hydrogen-bond acceptors (Lipinski definition) is 6. The molecule has 0 radical (unpaired) electrons. The predicted octanol–water partition coefficient (Wildman–Crippen LogP) is 2.64. The molecule has 0 saturated carbocycles. The molecule has 1 aromatic carbocycles. The summed E-state index contributed by atoms with van der Waals surface area (Å²) in [5.41, 5.74) is 0.557. The summed E-state index contributed by atoms with van der Waals surface area (Å²) in [6.45, 7) is 3.36. The molecule has 0 amide bonds. The highest BCUT2D eigenvalue weighted by Crippen LogP contribution is 2.36. The van der Waals surface area contributed by atoms with Crippen LogP contribution >= 0.6 is 0 Å². The normalized spacial score (nSPS) is 27.8. The van der Waals surface area contributed by atoms with Crippen molar-refractivity contribution in [3.05, 3.63) is 36.0 Å². The number of nitrogens with one attached hydrogen (secondary N) is 1. The fourth-order valence-corrected chi connectivity index (χ4v) is 2.79. The zero-order chi connectivity index (χ0) is 14.3. The Kier molecular flexibility index (Phi) is 2.85. The topological polar surface area (TPSA) is 69.4 Å². The number of aromatic nitrogens is 2. The number of nitrogens with zero attached hydrogens (tertiary/aromatic N) is 2. The Labute approximate surface area is 122 Å². The maximum absolute atomic E-state index is 5.93. The van der Waals surface area contributed by atoms with Gasteiger partial charge in [0.1, 0.15) is 11.4 Å². The summed E-state index contributed by atoms with van der Waals surface area (Å²) in [4.78, 5) is 4.49. The van der Waals surface area contributed by atoms with Gasteiger partial charge in [0.25, 0.3) is 5.89 Å². The number of fused-ring (bicyclic) bond motifs is 1. The minimum Gasteiger partial charge on any atom is -0.477 e. The minimum atomic E-state index is -0.429. The van der Waals surface area contributed by atoms with Crippen LogP contribution < -0.4 is 10.1 Å². The van der Waals surface area contributed by atoms with E-state index in [1.807, 2.05) is 31.2 Å². The van der Waals surface area contributed by atoms with Crippen LogP contribution in [-0.4, -0.2) is 23.3 Å². The number of ether oxygens (including phenoxy) is 2. The highest BCUT2D eigenvalue weighted by atomic mass is 16.5. The zero-order valence-corrected chi connectivity index (χ0v) is 11.8. The van der Waals surface area contributed by atoms with Crippen molar-refractivity contribution >= 4 is 5.69 Å². The molecule has 3 heterocycles. The fraction of sp³-hybridized carbons (Fsp3) is 0.467. The van der Waals surface area contributed by atoms with Gasteiger partial charge in [0.2, 0.25) is 5.82 Å². The van der Waals surface area contributed by atoms with Crippen LogP contribution in [0.1, 0.15) is 37.6 Å². The predicted molar refractivity (Wildman–Crippen MR) is 75.1 cm³/mol. The summed E-state index contributed by atoms with van der Waals surface area (Å²) >= 11 is 0. The van der Waals surface area contributed by atoms with Gasteiger partial charge in [-0.05, 0) is 31.9 Å². The van der Waals surface area contributed by atoms with Crippen LogP contribution in [0.4, 0.5) is 5.69 Å². The molecular weight excluding hydrogens is 270 g/mol. The van der Waals surface area contributed by atoms with Crippen LogP contribution in [0.3, 0.4) is 0 Å². The van der Waals surface area contributed by atoms with E-state index in [2.05, 4.69) is 15.5 Å². The van der Waals surface area contributed by atoms with Crippen molar-refractivity contribution in [1.29, 1.82) is 0 Å². The fourth-order valence-electron chi connectivity index (χ4n) is 2.79. The van der Waals surface area contributed by atoms with E-state index in [1.54, 1.807) is 0 Å². The Bertz CT molecular complexity index is 649. The van der Waals surface area contributed by atoms with Crippen molar-refractivity contribution < 1.29 is 14.0 Å². The molecule has 1 saturated heterocycles. The van der Waals surface area contributed by atoms with E-state index in [9.17, 15) is 0 Å². The Hall–Kier alpha value is -2.08. The summed E-state index contributed by atoms with van der Waals surface area (Å²) < 4.78 is 17.1. The van der Waals surface area contributed by atoms with Crippen molar-refractivity contribution in [3.63, 3.8) is 0 Å². The molecule has 0 spiro atoms. The number of para-hydroxylation sites is 2. The molecule has 2 aromatic rings. The standard InChI is InChI=1S/C15H17N3O3/c1-15(7-4-8-19-15)14-17-13(21-18-14)12-9-16-10-5-2-3-6-11(10)20-12/h2-3,5-6,12,16H,4,7-9H2,1H3. The Morgan fingerprint density at radius 3 is 3.10 bits per heavy atom. The maximum atomic E-state index is 5.93. The molecule has 0 bridgehead atoms. The average molecular weight is 287 g/mol. The van der Waals surface area contributed by atoms with Crippen molar-refractivity contribution in [2.24, 2.45) is 0 Å². The van der Waals surface area contributed by atoms with Crippen LogP contribution in [0.2, 0.25) is 0 Å². The number of benzene rings is 1. The Morgan fingerprint density at radius 1 is 1.33 bits per heavy atom. The molecule has 21 heavy (non-hydrogen) atoms. The molecule has 1 N–H and O–H groups in total. The lowest BCUT2D eigenvalue weighted by Gasteiger charge is -2.24. The molecule has 2 aliphatic rings. The summed E-state index contributed by atoms with van der Waals surface area (Å²) in [6, 6.07) is 7.82. The van der Waals surface area contributed by atoms with E-state index < -0.39 is 5.60 Å². The molecule has 1 aromatic heterocycles. The van der Waals surface area contributed by atoms with Gasteiger partial charge in [-0.25, -0.2) is 0 Å². The van der Waals surface area contributed by atoms with E-state index in [-0.39, 0.29) is 6.10 Å². The molecule has 0 aliphatic carbocycles. The first kappa shape index (κ1) is 12.6. The van der Waals surface area contributed by atoms with Gasteiger partial charge >= 0.3 is 0 Å². The molecule has 1 fully saturated rings. The first-order chi connectivity index (χ1) is 10.2. The summed E-state index contributed by atoms with van der Waals surface area (Å²) in [7, 11) is 0. The third-order valence-electron chi connectivity index (χ3n) is 4.04. The second kappa shape index (κ2) is 4.73. The molecule has 2 aliphatic heterocycles. The molecular formula is C15H17N3O3. The highest BCUT2D eigenvalue weighted by Gasteiger charge is 2.38. The monoisotopic (exact) mass is 287 g/mol. The van der Waals surface area contributed by atoms with Gasteiger partial charge in [0.05, 0.1) is 12.2 Å². The van der Waals surface area contributed by atoms with Gasteiger partial charge in [0.15, 0.2) is 6.10 Å². The second-order valence-corrected chi connectivity index (χ2v) is 5.62. The van der Waals surface area contributed by atoms with Gasteiger partial charge in [0, 0.05) is 6.61 Å². The van der Waals surface area contributed by atoms with Gasteiger partial charge < -0.3 is 19.3 Å². The lowest BCUT2D eigenvalue weighted by Crippen LogP contribution is -2.25. The Morgan fingerprint density at radius 2 is 2.24 bits per heavy atom. The number of anilines is 1. The first-order valence-electron chi connectivity index (χ1n) is 7.22. The largest absolute Gasteiger partial charge is 0.477 e. The lowest BCUT2D eigenvalue weighted by molar-refractivity contribution is 0.00767. The lowest BCUT2D eigenvalue weighted by atomic mass is 10.0. The van der Waals surface area contributed by atoms with E-state index in [1.165, 1.54) is 0 Å². The van der Waals surface area contributed by atoms with Crippen LogP contribution in [0.5, 0.6) is 5.75 Å². The van der Waals surface area contributed by atoms with E-state index >= 15 is 0 Å². The van der Waals surface area contributed by atoms with Gasteiger partial charge in [-0.3, -0.25) is 0 Å². The zero-order valence-electron chi connectivity index (χ0n) is 11.8. The average Bonchev–Trinajstić information content (AvgIpc) is 3.17. The third-order valence-corrected chi connectivity index (χ3v) is 4.04. The SMILES string of the molecule is CC1(c2noc(C3CNc4ccccc4O3)n2)CCCO1. The van der Waals surface area contributed by atoms with E-state index in [0.29, 0.717) is 18.3 Å². The summed E-state index contributed by atoms with van der Waals surface area (Å²) in [5.74, 6) is 1.90. The first-order valence-corrected chi connectivity index (χ1v) is 7.22. The third kappa shape index (κ3) is 2.15. The molecule has 110 valence electrons. The molecule has 6 nitrogen and oxygen atoms in total. The number of hydrogen-bond donors (Lipinski definition) is 1. The van der Waals surface area contributed by atoms with Crippen molar-refractivity contribution in [2.45, 2.75) is 31.5 Å². The molecule has 2 atom stereocenters. The minimum absolute atomic E-state index is 0.272. The second-order valence-electron chi connectivity index (χ2n) is 5.62. The van der Waals surface area contributed by atoms with Crippen LogP contribution in [-0.2, 0) is 10.3 Å².